The SMILES string of the molecule is CCCCN(CCCl)c1nccn(C)c1=O. The molecule has 0 fully saturated rings. The molecular weight excluding hydrogens is 226 g/mol. The number of rotatable bonds is 6. The number of alkyl halides is 1. The van der Waals surface area contributed by atoms with E-state index in [4.69, 9.17) is 11.6 Å². The van der Waals surface area contributed by atoms with Gasteiger partial charge < -0.3 is 9.47 Å². The molecule has 0 bridgehead atoms. The average molecular weight is 244 g/mol. The summed E-state index contributed by atoms with van der Waals surface area (Å²) >= 11 is 5.74. The highest BCUT2D eigenvalue weighted by molar-refractivity contribution is 6.18. The molecular formula is C11H18ClN3O. The highest BCUT2D eigenvalue weighted by Gasteiger charge is 2.11. The molecule has 0 saturated heterocycles. The van der Waals surface area contributed by atoms with Crippen LogP contribution in [0.1, 0.15) is 19.8 Å². The van der Waals surface area contributed by atoms with Crippen molar-refractivity contribution < 1.29 is 0 Å². The lowest BCUT2D eigenvalue weighted by Crippen LogP contribution is -2.34. The van der Waals surface area contributed by atoms with Crippen LogP contribution >= 0.6 is 11.6 Å². The number of hydrogen-bond acceptors (Lipinski definition) is 3. The molecule has 0 saturated carbocycles. The zero-order valence-electron chi connectivity index (χ0n) is 9.82. The first-order chi connectivity index (χ1) is 7.70. The van der Waals surface area contributed by atoms with Gasteiger partial charge in [-0.05, 0) is 6.42 Å². The molecule has 0 aliphatic rings. The Kier molecular flexibility index (Phi) is 5.32. The molecule has 0 radical (unpaired) electrons. The van der Waals surface area contributed by atoms with Crippen molar-refractivity contribution in [2.45, 2.75) is 19.8 Å². The predicted molar refractivity (Wildman–Crippen MR) is 67.3 cm³/mol. The van der Waals surface area contributed by atoms with E-state index in [1.165, 1.54) is 4.57 Å². The van der Waals surface area contributed by atoms with E-state index in [0.29, 0.717) is 18.2 Å². The largest absolute Gasteiger partial charge is 0.351 e. The molecule has 0 unspecified atom stereocenters. The Balaban J connectivity index is 2.91. The fraction of sp³-hybridized carbons (Fsp3) is 0.636. The number of aryl methyl sites for hydroxylation is 1. The first-order valence-corrected chi connectivity index (χ1v) is 6.06. The monoisotopic (exact) mass is 243 g/mol. The lowest BCUT2D eigenvalue weighted by Gasteiger charge is -2.21. The molecule has 0 amide bonds. The lowest BCUT2D eigenvalue weighted by molar-refractivity contribution is 0.710. The van der Waals surface area contributed by atoms with Crippen LogP contribution in [0.25, 0.3) is 0 Å². The third kappa shape index (κ3) is 3.23. The summed E-state index contributed by atoms with van der Waals surface area (Å²) < 4.78 is 1.54. The Bertz CT molecular complexity index is 378. The molecule has 0 aliphatic heterocycles. The van der Waals surface area contributed by atoms with Crippen molar-refractivity contribution >= 4 is 17.4 Å². The summed E-state index contributed by atoms with van der Waals surface area (Å²) in [6.07, 6.45) is 5.43. The van der Waals surface area contributed by atoms with Gasteiger partial charge in [0.25, 0.3) is 5.56 Å². The summed E-state index contributed by atoms with van der Waals surface area (Å²) in [5, 5.41) is 0. The number of aromatic nitrogens is 2. The third-order valence-electron chi connectivity index (χ3n) is 2.43. The van der Waals surface area contributed by atoms with E-state index in [1.807, 2.05) is 4.90 Å². The van der Waals surface area contributed by atoms with Crippen molar-refractivity contribution in [1.29, 1.82) is 0 Å². The number of halogens is 1. The minimum Gasteiger partial charge on any atom is -0.351 e. The van der Waals surface area contributed by atoms with Crippen LogP contribution in [0.5, 0.6) is 0 Å². The molecule has 4 nitrogen and oxygen atoms in total. The minimum absolute atomic E-state index is 0.0660. The summed E-state index contributed by atoms with van der Waals surface area (Å²) in [7, 11) is 1.73. The molecule has 0 aromatic carbocycles. The number of unbranched alkanes of at least 4 members (excludes halogenated alkanes) is 1. The second-order valence-electron chi connectivity index (χ2n) is 3.70. The van der Waals surface area contributed by atoms with Crippen LogP contribution in [0.3, 0.4) is 0 Å². The lowest BCUT2D eigenvalue weighted by atomic mass is 10.3. The van der Waals surface area contributed by atoms with Crippen molar-refractivity contribution in [2.75, 3.05) is 23.9 Å². The number of hydrogen-bond donors (Lipinski definition) is 0. The fourth-order valence-corrected chi connectivity index (χ4v) is 1.68. The molecule has 1 aromatic rings. The second-order valence-corrected chi connectivity index (χ2v) is 4.07. The van der Waals surface area contributed by atoms with Gasteiger partial charge in [-0.3, -0.25) is 4.79 Å². The van der Waals surface area contributed by atoms with Gasteiger partial charge in [0.05, 0.1) is 0 Å². The molecule has 0 aliphatic carbocycles. The Hall–Kier alpha value is -1.03. The van der Waals surface area contributed by atoms with E-state index in [9.17, 15) is 4.79 Å². The summed E-state index contributed by atoms with van der Waals surface area (Å²) in [6.45, 7) is 3.61. The van der Waals surface area contributed by atoms with E-state index in [0.717, 1.165) is 19.4 Å². The van der Waals surface area contributed by atoms with Crippen molar-refractivity contribution in [3.05, 3.63) is 22.7 Å². The van der Waals surface area contributed by atoms with E-state index in [2.05, 4.69) is 11.9 Å². The topological polar surface area (TPSA) is 38.1 Å². The van der Waals surface area contributed by atoms with Gasteiger partial charge >= 0.3 is 0 Å². The summed E-state index contributed by atoms with van der Waals surface area (Å²) in [6, 6.07) is 0. The molecule has 1 aromatic heterocycles. The number of nitrogens with zero attached hydrogens (tertiary/aromatic N) is 3. The van der Waals surface area contributed by atoms with Gasteiger partial charge in [0.15, 0.2) is 5.82 Å². The zero-order chi connectivity index (χ0) is 12.0. The van der Waals surface area contributed by atoms with Crippen molar-refractivity contribution in [3.63, 3.8) is 0 Å². The van der Waals surface area contributed by atoms with Gasteiger partial charge in [0.2, 0.25) is 0 Å². The van der Waals surface area contributed by atoms with Crippen LogP contribution < -0.4 is 10.5 Å². The predicted octanol–water partition coefficient (Wildman–Crippen LogP) is 1.63. The molecule has 1 rings (SSSR count). The van der Waals surface area contributed by atoms with Crippen molar-refractivity contribution in [1.82, 2.24) is 9.55 Å². The Morgan fingerprint density at radius 3 is 2.88 bits per heavy atom. The fourth-order valence-electron chi connectivity index (χ4n) is 1.48. The maximum absolute atomic E-state index is 11.9. The highest BCUT2D eigenvalue weighted by Crippen LogP contribution is 2.05. The van der Waals surface area contributed by atoms with Crippen LogP contribution in [0, 0.1) is 0 Å². The number of anilines is 1. The van der Waals surface area contributed by atoms with E-state index >= 15 is 0 Å². The molecule has 0 N–H and O–H groups in total. The Morgan fingerprint density at radius 2 is 2.25 bits per heavy atom. The first-order valence-electron chi connectivity index (χ1n) is 5.53. The molecule has 1 heterocycles. The molecule has 90 valence electrons. The van der Waals surface area contributed by atoms with Gasteiger partial charge in [0, 0.05) is 38.4 Å². The standard InChI is InChI=1S/C11H18ClN3O/c1-3-4-7-15(8-5-12)10-11(16)14(2)9-6-13-10/h6,9H,3-5,7-8H2,1-2H3. The summed E-state index contributed by atoms with van der Waals surface area (Å²) in [4.78, 5) is 18.0. The van der Waals surface area contributed by atoms with E-state index < -0.39 is 0 Å². The maximum Gasteiger partial charge on any atom is 0.293 e. The first kappa shape index (κ1) is 13.0. The van der Waals surface area contributed by atoms with Crippen molar-refractivity contribution in [3.8, 4) is 0 Å². The smallest absolute Gasteiger partial charge is 0.293 e. The third-order valence-corrected chi connectivity index (χ3v) is 2.60. The van der Waals surface area contributed by atoms with Crippen LogP contribution in [-0.2, 0) is 7.05 Å². The van der Waals surface area contributed by atoms with Gasteiger partial charge in [-0.25, -0.2) is 4.98 Å². The van der Waals surface area contributed by atoms with Gasteiger partial charge in [-0.2, -0.15) is 0 Å². The Labute approximate surface area is 101 Å². The summed E-state index contributed by atoms with van der Waals surface area (Å²) in [5.41, 5.74) is -0.0660. The Morgan fingerprint density at radius 1 is 1.50 bits per heavy atom. The summed E-state index contributed by atoms with van der Waals surface area (Å²) in [5.74, 6) is 1.00. The van der Waals surface area contributed by atoms with Crippen molar-refractivity contribution in [2.24, 2.45) is 7.05 Å². The van der Waals surface area contributed by atoms with Crippen LogP contribution in [0.4, 0.5) is 5.82 Å². The van der Waals surface area contributed by atoms with Gasteiger partial charge in [-0.15, -0.1) is 11.6 Å². The second kappa shape index (κ2) is 6.53. The van der Waals surface area contributed by atoms with Gasteiger partial charge in [0.1, 0.15) is 0 Å². The van der Waals surface area contributed by atoms with E-state index in [-0.39, 0.29) is 5.56 Å². The molecule has 16 heavy (non-hydrogen) atoms. The molecule has 5 heteroatoms. The maximum atomic E-state index is 11.9. The van der Waals surface area contributed by atoms with Gasteiger partial charge in [-0.1, -0.05) is 13.3 Å². The normalized spacial score (nSPS) is 10.4. The molecule has 0 atom stereocenters. The molecule has 0 spiro atoms. The van der Waals surface area contributed by atoms with E-state index in [1.54, 1.807) is 19.4 Å². The van der Waals surface area contributed by atoms with Crippen LogP contribution in [0.15, 0.2) is 17.2 Å². The van der Waals surface area contributed by atoms with Crippen LogP contribution in [-0.4, -0.2) is 28.5 Å². The highest BCUT2D eigenvalue weighted by atomic mass is 35.5. The quantitative estimate of drug-likeness (QED) is 0.713. The average Bonchev–Trinajstić information content (AvgIpc) is 2.28. The minimum atomic E-state index is -0.0660. The van der Waals surface area contributed by atoms with Crippen LogP contribution in [0.2, 0.25) is 0 Å². The zero-order valence-corrected chi connectivity index (χ0v) is 10.6.